The van der Waals surface area contributed by atoms with Crippen LogP contribution >= 0.6 is 11.8 Å². The van der Waals surface area contributed by atoms with E-state index in [-0.39, 0.29) is 17.2 Å². The molecule has 2 aliphatic heterocycles. The standard InChI is InChI=1S/C6H7NO2S/c8-4-1-2-6-7(4)5(9)3-10-6/h6H,1-3H2. The predicted molar refractivity (Wildman–Crippen MR) is 37.3 cm³/mol. The van der Waals surface area contributed by atoms with Gasteiger partial charge in [0.05, 0.1) is 11.1 Å². The zero-order chi connectivity index (χ0) is 7.14. The fraction of sp³-hybridized carbons (Fsp3) is 0.667. The van der Waals surface area contributed by atoms with Crippen molar-refractivity contribution in [1.29, 1.82) is 0 Å². The third kappa shape index (κ3) is 0.683. The van der Waals surface area contributed by atoms with Crippen LogP contribution in [-0.4, -0.2) is 27.8 Å². The monoisotopic (exact) mass is 157 g/mol. The summed E-state index contributed by atoms with van der Waals surface area (Å²) in [4.78, 5) is 23.3. The van der Waals surface area contributed by atoms with Gasteiger partial charge in [0.25, 0.3) is 0 Å². The highest BCUT2D eigenvalue weighted by Crippen LogP contribution is 2.33. The Labute approximate surface area is 62.8 Å². The summed E-state index contributed by atoms with van der Waals surface area (Å²) >= 11 is 1.58. The summed E-state index contributed by atoms with van der Waals surface area (Å²) in [6, 6.07) is 0. The molecule has 0 aromatic heterocycles. The molecule has 0 spiro atoms. The molecule has 10 heavy (non-hydrogen) atoms. The highest BCUT2D eigenvalue weighted by Gasteiger charge is 2.40. The minimum Gasteiger partial charge on any atom is -0.274 e. The highest BCUT2D eigenvalue weighted by molar-refractivity contribution is 8.01. The first kappa shape index (κ1) is 6.22. The quantitative estimate of drug-likeness (QED) is 0.472. The van der Waals surface area contributed by atoms with Gasteiger partial charge in [0, 0.05) is 6.42 Å². The molecule has 0 N–H and O–H groups in total. The Morgan fingerprint density at radius 2 is 2.20 bits per heavy atom. The topological polar surface area (TPSA) is 37.4 Å². The predicted octanol–water partition coefficient (Wildman–Crippen LogP) is 0.208. The molecule has 0 aromatic rings. The maximum absolute atomic E-state index is 11.0. The molecule has 1 unspecified atom stereocenters. The van der Waals surface area contributed by atoms with Gasteiger partial charge in [-0.2, -0.15) is 0 Å². The molecule has 54 valence electrons. The van der Waals surface area contributed by atoms with Crippen molar-refractivity contribution in [3.8, 4) is 0 Å². The van der Waals surface area contributed by atoms with Gasteiger partial charge in [-0.25, -0.2) is 0 Å². The largest absolute Gasteiger partial charge is 0.274 e. The van der Waals surface area contributed by atoms with Crippen LogP contribution < -0.4 is 0 Å². The van der Waals surface area contributed by atoms with Crippen molar-refractivity contribution >= 4 is 23.6 Å². The first-order valence-electron chi connectivity index (χ1n) is 3.25. The number of hydrogen-bond donors (Lipinski definition) is 0. The summed E-state index contributed by atoms with van der Waals surface area (Å²) in [5.74, 6) is 0.508. The van der Waals surface area contributed by atoms with Crippen LogP contribution in [0.25, 0.3) is 0 Å². The number of thioether (sulfide) groups is 1. The summed E-state index contributed by atoms with van der Waals surface area (Å²) in [7, 11) is 0. The molecular formula is C6H7NO2S. The lowest BCUT2D eigenvalue weighted by molar-refractivity contribution is -0.139. The molecular weight excluding hydrogens is 150 g/mol. The molecule has 0 radical (unpaired) electrons. The van der Waals surface area contributed by atoms with E-state index in [0.29, 0.717) is 12.2 Å². The zero-order valence-electron chi connectivity index (χ0n) is 5.37. The SMILES string of the molecule is O=C1CCC2SCC(=O)N12. The molecule has 2 aliphatic rings. The van der Waals surface area contributed by atoms with Crippen LogP contribution in [0.5, 0.6) is 0 Å². The Bertz CT molecular complexity index is 184. The van der Waals surface area contributed by atoms with Crippen LogP contribution in [0.15, 0.2) is 0 Å². The summed E-state index contributed by atoms with van der Waals surface area (Å²) in [6.07, 6.45) is 1.42. The molecule has 2 heterocycles. The van der Waals surface area contributed by atoms with Crippen molar-refractivity contribution in [2.75, 3.05) is 5.75 Å². The molecule has 3 nitrogen and oxygen atoms in total. The molecule has 0 aromatic carbocycles. The lowest BCUT2D eigenvalue weighted by Gasteiger charge is -2.09. The van der Waals surface area contributed by atoms with Crippen LogP contribution in [0.4, 0.5) is 0 Å². The normalized spacial score (nSPS) is 31.6. The number of rotatable bonds is 0. The first-order valence-corrected chi connectivity index (χ1v) is 4.30. The Balaban J connectivity index is 2.26. The lowest BCUT2D eigenvalue weighted by atomic mass is 10.4. The maximum Gasteiger partial charge on any atom is 0.240 e. The second kappa shape index (κ2) is 1.99. The van der Waals surface area contributed by atoms with E-state index in [9.17, 15) is 9.59 Å². The highest BCUT2D eigenvalue weighted by atomic mass is 32.2. The third-order valence-electron chi connectivity index (χ3n) is 1.83. The van der Waals surface area contributed by atoms with Gasteiger partial charge < -0.3 is 0 Å². The minimum atomic E-state index is -0.00231. The molecule has 0 bridgehead atoms. The van der Waals surface area contributed by atoms with Crippen molar-refractivity contribution in [3.63, 3.8) is 0 Å². The van der Waals surface area contributed by atoms with E-state index in [1.165, 1.54) is 4.90 Å². The van der Waals surface area contributed by atoms with Crippen molar-refractivity contribution in [2.24, 2.45) is 0 Å². The number of fused-ring (bicyclic) bond motifs is 1. The number of amides is 2. The fourth-order valence-electron chi connectivity index (χ4n) is 1.35. The minimum absolute atomic E-state index is 0.00231. The lowest BCUT2D eigenvalue weighted by Crippen LogP contribution is -2.31. The Kier molecular flexibility index (Phi) is 1.23. The van der Waals surface area contributed by atoms with E-state index in [4.69, 9.17) is 0 Å². The van der Waals surface area contributed by atoms with E-state index in [0.717, 1.165) is 6.42 Å². The zero-order valence-corrected chi connectivity index (χ0v) is 6.19. The molecule has 4 heteroatoms. The third-order valence-corrected chi connectivity index (χ3v) is 3.07. The van der Waals surface area contributed by atoms with Gasteiger partial charge in [0.1, 0.15) is 0 Å². The first-order chi connectivity index (χ1) is 4.79. The Morgan fingerprint density at radius 3 is 2.90 bits per heavy atom. The van der Waals surface area contributed by atoms with E-state index in [1.807, 2.05) is 0 Å². The summed E-state index contributed by atoms with van der Waals surface area (Å²) in [5, 5.41) is 0.181. The van der Waals surface area contributed by atoms with E-state index < -0.39 is 0 Å². The van der Waals surface area contributed by atoms with E-state index in [2.05, 4.69) is 0 Å². The van der Waals surface area contributed by atoms with Crippen molar-refractivity contribution in [1.82, 2.24) is 4.90 Å². The van der Waals surface area contributed by atoms with Gasteiger partial charge in [-0.1, -0.05) is 0 Å². The van der Waals surface area contributed by atoms with Crippen LogP contribution in [0.3, 0.4) is 0 Å². The van der Waals surface area contributed by atoms with Crippen molar-refractivity contribution in [3.05, 3.63) is 0 Å². The van der Waals surface area contributed by atoms with Gasteiger partial charge >= 0.3 is 0 Å². The molecule has 1 atom stereocenters. The molecule has 0 aliphatic carbocycles. The average Bonchev–Trinajstić information content (AvgIpc) is 2.40. The van der Waals surface area contributed by atoms with Crippen LogP contribution in [-0.2, 0) is 9.59 Å². The van der Waals surface area contributed by atoms with Gasteiger partial charge in [-0.3, -0.25) is 14.5 Å². The molecule has 0 saturated carbocycles. The van der Waals surface area contributed by atoms with Crippen molar-refractivity contribution in [2.45, 2.75) is 18.2 Å². The number of carbonyl (C=O) groups is 2. The van der Waals surface area contributed by atoms with Gasteiger partial charge in [0.15, 0.2) is 0 Å². The molecule has 2 rings (SSSR count). The number of nitrogens with zero attached hydrogens (tertiary/aromatic N) is 1. The van der Waals surface area contributed by atoms with E-state index >= 15 is 0 Å². The average molecular weight is 157 g/mol. The number of hydrogen-bond acceptors (Lipinski definition) is 3. The van der Waals surface area contributed by atoms with Gasteiger partial charge in [0.2, 0.25) is 11.8 Å². The Morgan fingerprint density at radius 1 is 1.40 bits per heavy atom. The van der Waals surface area contributed by atoms with Crippen molar-refractivity contribution < 1.29 is 9.59 Å². The molecule has 2 amide bonds. The van der Waals surface area contributed by atoms with E-state index in [1.54, 1.807) is 11.8 Å². The summed E-state index contributed by atoms with van der Waals surface area (Å²) in [6.45, 7) is 0. The second-order valence-electron chi connectivity index (χ2n) is 2.46. The van der Waals surface area contributed by atoms with Crippen LogP contribution in [0, 0.1) is 0 Å². The molecule has 2 saturated heterocycles. The van der Waals surface area contributed by atoms with Gasteiger partial charge in [-0.15, -0.1) is 11.8 Å². The second-order valence-corrected chi connectivity index (χ2v) is 3.63. The fourth-order valence-corrected chi connectivity index (χ4v) is 2.49. The smallest absolute Gasteiger partial charge is 0.240 e. The van der Waals surface area contributed by atoms with Crippen LogP contribution in [0.1, 0.15) is 12.8 Å². The number of carbonyl (C=O) groups excluding carboxylic acids is 2. The van der Waals surface area contributed by atoms with Crippen LogP contribution in [0.2, 0.25) is 0 Å². The number of imide groups is 1. The maximum atomic E-state index is 11.0. The summed E-state index contributed by atoms with van der Waals surface area (Å²) in [5.41, 5.74) is 0. The molecule has 2 fully saturated rings. The summed E-state index contributed by atoms with van der Waals surface area (Å²) < 4.78 is 0. The van der Waals surface area contributed by atoms with Gasteiger partial charge in [-0.05, 0) is 6.42 Å². The Hall–Kier alpha value is -0.510.